The van der Waals surface area contributed by atoms with Crippen LogP contribution in [0.2, 0.25) is 10.0 Å². The van der Waals surface area contributed by atoms with Crippen LogP contribution in [0.1, 0.15) is 11.3 Å². The summed E-state index contributed by atoms with van der Waals surface area (Å²) in [6.45, 7) is 2.81. The fraction of sp³-hybridized carbons (Fsp3) is 0.0870. The van der Waals surface area contributed by atoms with Crippen LogP contribution in [0.3, 0.4) is 0 Å². The fourth-order valence-electron chi connectivity index (χ4n) is 3.18. The maximum Gasteiger partial charge on any atom is 0.215 e. The first-order valence-electron chi connectivity index (χ1n) is 8.99. The molecule has 0 aliphatic carbocycles. The molecule has 0 atom stereocenters. The Hall–Kier alpha value is -2.75. The Kier molecular flexibility index (Phi) is 5.38. The largest absolute Gasteiger partial charge is 0.312 e. The third-order valence-electron chi connectivity index (χ3n) is 4.49. The second kappa shape index (κ2) is 8.09. The summed E-state index contributed by atoms with van der Waals surface area (Å²) >= 11 is 12.1. The number of hydrogen-bond donors (Lipinski definition) is 0. The van der Waals surface area contributed by atoms with E-state index >= 15 is 0 Å². The van der Waals surface area contributed by atoms with E-state index < -0.39 is 0 Å². The fourth-order valence-corrected chi connectivity index (χ4v) is 3.43. The predicted octanol–water partition coefficient (Wildman–Crippen LogP) is 6.17. The molecule has 3 nitrogen and oxygen atoms in total. The number of hydrogen-bond acceptors (Lipinski definition) is 1. The van der Waals surface area contributed by atoms with Crippen molar-refractivity contribution in [3.63, 3.8) is 0 Å². The van der Waals surface area contributed by atoms with Crippen molar-refractivity contribution in [3.05, 3.63) is 112 Å². The van der Waals surface area contributed by atoms with Crippen LogP contribution in [0.4, 0.5) is 5.69 Å². The van der Waals surface area contributed by atoms with Crippen molar-refractivity contribution < 1.29 is 0 Å². The van der Waals surface area contributed by atoms with Crippen LogP contribution in [0, 0.1) is 6.92 Å². The molecule has 4 aromatic rings. The molecule has 1 aromatic heterocycles. The highest BCUT2D eigenvalue weighted by molar-refractivity contribution is 6.30. The lowest BCUT2D eigenvalue weighted by Crippen LogP contribution is -2.25. The molecule has 0 bridgehead atoms. The minimum atomic E-state index is 0.695. The van der Waals surface area contributed by atoms with Crippen LogP contribution in [0.15, 0.2) is 90.1 Å². The van der Waals surface area contributed by atoms with Crippen LogP contribution in [-0.2, 0) is 6.54 Å². The van der Waals surface area contributed by atoms with Gasteiger partial charge in [-0.05, 0) is 61.0 Å². The first kappa shape index (κ1) is 18.6. The highest BCUT2D eigenvalue weighted by Crippen LogP contribution is 2.18. The molecule has 28 heavy (non-hydrogen) atoms. The van der Waals surface area contributed by atoms with Crippen LogP contribution in [-0.4, -0.2) is 9.13 Å². The van der Waals surface area contributed by atoms with Gasteiger partial charge in [0, 0.05) is 27.6 Å². The predicted molar refractivity (Wildman–Crippen MR) is 116 cm³/mol. The Balaban J connectivity index is 1.90. The molecule has 0 aliphatic heterocycles. The molecule has 5 heteroatoms. The minimum Gasteiger partial charge on any atom is -0.312 e. The standard InChI is InChI=1S/C23H19Cl2N3/c1-17-15-27(16-18-5-3-2-4-6-18)23(26-21-11-7-19(24)8-12-21)28(17)22-13-9-20(25)10-14-22/h2-15H,16H2,1H3. The van der Waals surface area contributed by atoms with Crippen molar-refractivity contribution >= 4 is 28.9 Å². The van der Waals surface area contributed by atoms with E-state index in [0.29, 0.717) is 10.0 Å². The summed E-state index contributed by atoms with van der Waals surface area (Å²) in [7, 11) is 0. The van der Waals surface area contributed by atoms with E-state index in [4.69, 9.17) is 28.2 Å². The Morgan fingerprint density at radius 2 is 1.39 bits per heavy atom. The lowest BCUT2D eigenvalue weighted by molar-refractivity contribution is 0.720. The molecule has 0 amide bonds. The maximum absolute atomic E-state index is 6.09. The molecule has 4 rings (SSSR count). The van der Waals surface area contributed by atoms with Gasteiger partial charge in [-0.2, -0.15) is 0 Å². The van der Waals surface area contributed by atoms with Crippen molar-refractivity contribution in [2.24, 2.45) is 4.99 Å². The Bertz CT molecular complexity index is 1140. The second-order valence-corrected chi connectivity index (χ2v) is 7.46. The lowest BCUT2D eigenvalue weighted by atomic mass is 10.2. The van der Waals surface area contributed by atoms with Crippen molar-refractivity contribution in [3.8, 4) is 5.69 Å². The lowest BCUT2D eigenvalue weighted by Gasteiger charge is -2.08. The summed E-state index contributed by atoms with van der Waals surface area (Å²) in [6, 6.07) is 25.7. The van der Waals surface area contributed by atoms with Gasteiger partial charge in [-0.15, -0.1) is 0 Å². The van der Waals surface area contributed by atoms with Gasteiger partial charge in [-0.1, -0.05) is 53.5 Å². The summed E-state index contributed by atoms with van der Waals surface area (Å²) < 4.78 is 4.29. The molecular formula is C23H19Cl2N3. The van der Waals surface area contributed by atoms with Gasteiger partial charge in [-0.3, -0.25) is 4.57 Å². The molecule has 0 radical (unpaired) electrons. The molecule has 140 valence electrons. The molecule has 3 aromatic carbocycles. The Labute approximate surface area is 174 Å². The van der Waals surface area contributed by atoms with Gasteiger partial charge in [0.15, 0.2) is 0 Å². The second-order valence-electron chi connectivity index (χ2n) is 6.58. The Morgan fingerprint density at radius 1 is 0.786 bits per heavy atom. The zero-order chi connectivity index (χ0) is 19.5. The molecular weight excluding hydrogens is 389 g/mol. The first-order chi connectivity index (χ1) is 13.6. The molecule has 0 saturated carbocycles. The van der Waals surface area contributed by atoms with Crippen molar-refractivity contribution in [1.29, 1.82) is 0 Å². The van der Waals surface area contributed by atoms with Crippen molar-refractivity contribution in [1.82, 2.24) is 9.13 Å². The van der Waals surface area contributed by atoms with E-state index in [9.17, 15) is 0 Å². The summed E-state index contributed by atoms with van der Waals surface area (Å²) in [5, 5.41) is 1.40. The van der Waals surface area contributed by atoms with E-state index in [1.165, 1.54) is 5.56 Å². The number of aryl methyl sites for hydroxylation is 1. The zero-order valence-corrected chi connectivity index (χ0v) is 16.9. The number of nitrogens with zero attached hydrogens (tertiary/aromatic N) is 3. The molecule has 0 fully saturated rings. The highest BCUT2D eigenvalue weighted by atomic mass is 35.5. The quantitative estimate of drug-likeness (QED) is 0.385. The van der Waals surface area contributed by atoms with Gasteiger partial charge in [0.25, 0.3) is 0 Å². The van der Waals surface area contributed by atoms with Gasteiger partial charge in [0.2, 0.25) is 5.62 Å². The van der Waals surface area contributed by atoms with Gasteiger partial charge in [0.1, 0.15) is 0 Å². The normalized spacial score (nSPS) is 11.8. The summed E-state index contributed by atoms with van der Waals surface area (Å²) in [5.74, 6) is 0. The third kappa shape index (κ3) is 4.06. The van der Waals surface area contributed by atoms with Crippen LogP contribution < -0.4 is 5.62 Å². The zero-order valence-electron chi connectivity index (χ0n) is 15.4. The first-order valence-corrected chi connectivity index (χ1v) is 9.75. The molecule has 0 N–H and O–H groups in total. The van der Waals surface area contributed by atoms with E-state index in [1.54, 1.807) is 0 Å². The van der Waals surface area contributed by atoms with E-state index in [0.717, 1.165) is 29.2 Å². The van der Waals surface area contributed by atoms with Gasteiger partial charge < -0.3 is 4.57 Å². The van der Waals surface area contributed by atoms with Gasteiger partial charge >= 0.3 is 0 Å². The van der Waals surface area contributed by atoms with Crippen LogP contribution >= 0.6 is 23.2 Å². The molecule has 1 heterocycles. The number of benzene rings is 3. The van der Waals surface area contributed by atoms with Crippen LogP contribution in [0.25, 0.3) is 5.69 Å². The molecule has 0 spiro atoms. The number of halogens is 2. The average Bonchev–Trinajstić information content (AvgIpc) is 3.00. The summed E-state index contributed by atoms with van der Waals surface area (Å²) in [6.07, 6.45) is 2.12. The molecule has 0 aliphatic rings. The van der Waals surface area contributed by atoms with E-state index in [-0.39, 0.29) is 0 Å². The minimum absolute atomic E-state index is 0.695. The number of rotatable bonds is 4. The molecule has 0 saturated heterocycles. The monoisotopic (exact) mass is 407 g/mol. The number of imidazole rings is 1. The highest BCUT2D eigenvalue weighted by Gasteiger charge is 2.10. The Morgan fingerprint density at radius 3 is 2.04 bits per heavy atom. The molecule has 0 unspecified atom stereocenters. The van der Waals surface area contributed by atoms with E-state index in [2.05, 4.69) is 46.5 Å². The van der Waals surface area contributed by atoms with Crippen LogP contribution in [0.5, 0.6) is 0 Å². The van der Waals surface area contributed by atoms with Crippen molar-refractivity contribution in [2.75, 3.05) is 0 Å². The smallest absolute Gasteiger partial charge is 0.215 e. The summed E-state index contributed by atoms with van der Waals surface area (Å²) in [5.41, 5.74) is 5.01. The topological polar surface area (TPSA) is 22.2 Å². The SMILES string of the molecule is Cc1cn(Cc2ccccc2)c(=Nc2ccc(Cl)cc2)n1-c1ccc(Cl)cc1. The van der Waals surface area contributed by atoms with Crippen molar-refractivity contribution in [2.45, 2.75) is 13.5 Å². The average molecular weight is 408 g/mol. The maximum atomic E-state index is 6.09. The van der Waals surface area contributed by atoms with Gasteiger partial charge in [0.05, 0.1) is 12.2 Å². The van der Waals surface area contributed by atoms with Gasteiger partial charge in [-0.25, -0.2) is 4.99 Å². The number of aromatic nitrogens is 2. The summed E-state index contributed by atoms with van der Waals surface area (Å²) in [4.78, 5) is 4.93. The third-order valence-corrected chi connectivity index (χ3v) is 4.99. The van der Waals surface area contributed by atoms with E-state index in [1.807, 2.05) is 54.6 Å².